The Hall–Kier alpha value is -2.65. The number of hydrogen-bond acceptors (Lipinski definition) is 6. The van der Waals surface area contributed by atoms with Crippen molar-refractivity contribution in [3.63, 3.8) is 0 Å². The van der Waals surface area contributed by atoms with Crippen LogP contribution in [-0.2, 0) is 19.6 Å². The minimum absolute atomic E-state index is 0.0154. The zero-order valence-electron chi connectivity index (χ0n) is 16.6. The molecule has 2 atom stereocenters. The van der Waals surface area contributed by atoms with E-state index in [1.807, 2.05) is 18.2 Å². The summed E-state index contributed by atoms with van der Waals surface area (Å²) in [4.78, 5) is 12.2. The molecule has 7 nitrogen and oxygen atoms in total. The van der Waals surface area contributed by atoms with E-state index in [1.165, 1.54) is 25.3 Å². The highest BCUT2D eigenvalue weighted by molar-refractivity contribution is 7.89. The molecule has 1 saturated heterocycles. The third-order valence-electron chi connectivity index (χ3n) is 4.74. The van der Waals surface area contributed by atoms with Gasteiger partial charge in [-0.2, -0.15) is 4.31 Å². The molecule has 0 N–H and O–H groups in total. The van der Waals surface area contributed by atoms with Gasteiger partial charge in [-0.15, -0.1) is 0 Å². The molecule has 2 unspecified atom stereocenters. The van der Waals surface area contributed by atoms with E-state index in [2.05, 4.69) is 0 Å². The van der Waals surface area contributed by atoms with Crippen molar-refractivity contribution in [2.75, 3.05) is 26.0 Å². The molecular formula is C21H24FNO6S. The van der Waals surface area contributed by atoms with E-state index < -0.39 is 34.0 Å². The van der Waals surface area contributed by atoms with E-state index in [4.69, 9.17) is 14.2 Å². The van der Waals surface area contributed by atoms with Crippen molar-refractivity contribution in [1.82, 2.24) is 4.31 Å². The summed E-state index contributed by atoms with van der Waals surface area (Å²) < 4.78 is 56.6. The quantitative estimate of drug-likeness (QED) is 0.443. The van der Waals surface area contributed by atoms with Gasteiger partial charge in [-0.3, -0.25) is 4.79 Å². The SMILES string of the molecule is COC(=O)C1CC(Oc2ccccc2F)CN1S(=O)(=O)CCCOc1ccccc1. The van der Waals surface area contributed by atoms with E-state index in [0.717, 1.165) is 4.31 Å². The summed E-state index contributed by atoms with van der Waals surface area (Å²) in [7, 11) is -2.58. The number of para-hydroxylation sites is 2. The van der Waals surface area contributed by atoms with E-state index in [1.54, 1.807) is 18.2 Å². The van der Waals surface area contributed by atoms with Gasteiger partial charge in [0.05, 0.1) is 26.0 Å². The Bertz CT molecular complexity index is 953. The van der Waals surface area contributed by atoms with Crippen LogP contribution in [0.3, 0.4) is 0 Å². The third-order valence-corrected chi connectivity index (χ3v) is 6.66. The zero-order chi connectivity index (χ0) is 21.6. The number of sulfonamides is 1. The molecule has 0 aliphatic carbocycles. The number of nitrogens with zero attached hydrogens (tertiary/aromatic N) is 1. The lowest BCUT2D eigenvalue weighted by Gasteiger charge is -2.21. The molecule has 0 saturated carbocycles. The Morgan fingerprint density at radius 3 is 2.53 bits per heavy atom. The number of methoxy groups -OCH3 is 1. The molecule has 1 aliphatic heterocycles. The standard InChI is InChI=1S/C21H24FNO6S/c1-27-21(24)19-14-17(29-20-11-6-5-10-18(20)22)15-23(19)30(25,26)13-7-12-28-16-8-3-2-4-9-16/h2-6,8-11,17,19H,7,12-15H2,1H3. The van der Waals surface area contributed by atoms with Crippen molar-refractivity contribution in [2.45, 2.75) is 25.0 Å². The summed E-state index contributed by atoms with van der Waals surface area (Å²) in [5.41, 5.74) is 0. The molecule has 162 valence electrons. The van der Waals surface area contributed by atoms with Gasteiger partial charge in [-0.05, 0) is 30.7 Å². The lowest BCUT2D eigenvalue weighted by Crippen LogP contribution is -2.42. The largest absolute Gasteiger partial charge is 0.494 e. The molecule has 1 heterocycles. The van der Waals surface area contributed by atoms with Gasteiger partial charge in [0.1, 0.15) is 17.9 Å². The Morgan fingerprint density at radius 2 is 1.83 bits per heavy atom. The number of benzene rings is 2. The number of esters is 1. The minimum atomic E-state index is -3.78. The molecule has 0 spiro atoms. The van der Waals surface area contributed by atoms with Crippen LogP contribution in [0.25, 0.3) is 0 Å². The van der Waals surface area contributed by atoms with Crippen molar-refractivity contribution in [2.24, 2.45) is 0 Å². The first-order valence-corrected chi connectivity index (χ1v) is 11.2. The van der Waals surface area contributed by atoms with Gasteiger partial charge in [0.2, 0.25) is 10.0 Å². The molecule has 0 amide bonds. The first-order valence-electron chi connectivity index (χ1n) is 9.57. The number of carbonyl (C=O) groups is 1. The predicted octanol–water partition coefficient (Wildman–Crippen LogP) is 2.62. The zero-order valence-corrected chi connectivity index (χ0v) is 17.4. The van der Waals surface area contributed by atoms with Gasteiger partial charge in [-0.1, -0.05) is 30.3 Å². The fourth-order valence-corrected chi connectivity index (χ4v) is 4.97. The first-order chi connectivity index (χ1) is 14.4. The van der Waals surface area contributed by atoms with E-state index in [0.29, 0.717) is 5.75 Å². The van der Waals surface area contributed by atoms with Crippen LogP contribution in [0.4, 0.5) is 4.39 Å². The first kappa shape index (κ1) is 22.0. The number of ether oxygens (including phenoxy) is 3. The maximum absolute atomic E-state index is 13.9. The van der Waals surface area contributed by atoms with Gasteiger partial charge < -0.3 is 14.2 Å². The van der Waals surface area contributed by atoms with E-state index in [9.17, 15) is 17.6 Å². The monoisotopic (exact) mass is 437 g/mol. The van der Waals surface area contributed by atoms with Crippen molar-refractivity contribution < 1.29 is 31.8 Å². The second-order valence-corrected chi connectivity index (χ2v) is 8.89. The highest BCUT2D eigenvalue weighted by Gasteiger charge is 2.45. The molecule has 1 fully saturated rings. The molecule has 0 radical (unpaired) electrons. The maximum atomic E-state index is 13.9. The van der Waals surface area contributed by atoms with E-state index in [-0.39, 0.29) is 37.5 Å². The molecule has 30 heavy (non-hydrogen) atoms. The summed E-state index contributed by atoms with van der Waals surface area (Å²) >= 11 is 0. The number of hydrogen-bond donors (Lipinski definition) is 0. The van der Waals surface area contributed by atoms with Gasteiger partial charge >= 0.3 is 5.97 Å². The van der Waals surface area contributed by atoms with Crippen LogP contribution < -0.4 is 9.47 Å². The normalized spacial score (nSPS) is 19.4. The second kappa shape index (κ2) is 9.90. The number of halogens is 1. The summed E-state index contributed by atoms with van der Waals surface area (Å²) in [5.74, 6) is -0.742. The summed E-state index contributed by atoms with van der Waals surface area (Å²) in [5, 5.41) is 0. The van der Waals surface area contributed by atoms with Crippen LogP contribution >= 0.6 is 0 Å². The van der Waals surface area contributed by atoms with Crippen molar-refractivity contribution in [3.8, 4) is 11.5 Å². The lowest BCUT2D eigenvalue weighted by atomic mass is 10.2. The number of carbonyl (C=O) groups excluding carboxylic acids is 1. The fourth-order valence-electron chi connectivity index (χ4n) is 3.30. The Kier molecular flexibility index (Phi) is 7.28. The van der Waals surface area contributed by atoms with Crippen LogP contribution in [0, 0.1) is 5.82 Å². The van der Waals surface area contributed by atoms with E-state index >= 15 is 0 Å². The minimum Gasteiger partial charge on any atom is -0.494 e. The highest BCUT2D eigenvalue weighted by Crippen LogP contribution is 2.28. The Labute approximate surface area is 175 Å². The maximum Gasteiger partial charge on any atom is 0.324 e. The fraction of sp³-hybridized carbons (Fsp3) is 0.381. The summed E-state index contributed by atoms with van der Waals surface area (Å²) in [6, 6.07) is 13.9. The highest BCUT2D eigenvalue weighted by atomic mass is 32.2. The van der Waals surface area contributed by atoms with Crippen LogP contribution in [0.2, 0.25) is 0 Å². The van der Waals surface area contributed by atoms with Gasteiger partial charge in [0.15, 0.2) is 11.6 Å². The smallest absolute Gasteiger partial charge is 0.324 e. The van der Waals surface area contributed by atoms with Crippen molar-refractivity contribution in [1.29, 1.82) is 0 Å². The van der Waals surface area contributed by atoms with Crippen LogP contribution in [-0.4, -0.2) is 56.9 Å². The molecule has 0 aromatic heterocycles. The average molecular weight is 437 g/mol. The molecular weight excluding hydrogens is 413 g/mol. The van der Waals surface area contributed by atoms with Crippen molar-refractivity contribution >= 4 is 16.0 Å². The van der Waals surface area contributed by atoms with Gasteiger partial charge in [-0.25, -0.2) is 12.8 Å². The third kappa shape index (κ3) is 5.48. The summed E-state index contributed by atoms with van der Waals surface area (Å²) in [6.07, 6.45) is -0.331. The van der Waals surface area contributed by atoms with Crippen LogP contribution in [0.5, 0.6) is 11.5 Å². The summed E-state index contributed by atoms with van der Waals surface area (Å²) in [6.45, 7) is 0.158. The predicted molar refractivity (Wildman–Crippen MR) is 108 cm³/mol. The molecule has 0 bridgehead atoms. The van der Waals surface area contributed by atoms with Crippen LogP contribution in [0.1, 0.15) is 12.8 Å². The number of rotatable bonds is 9. The average Bonchev–Trinajstić information content (AvgIpc) is 3.18. The topological polar surface area (TPSA) is 82.1 Å². The molecule has 2 aromatic carbocycles. The molecule has 1 aliphatic rings. The molecule has 2 aromatic rings. The molecule has 3 rings (SSSR count). The van der Waals surface area contributed by atoms with Gasteiger partial charge in [0.25, 0.3) is 0 Å². The van der Waals surface area contributed by atoms with Gasteiger partial charge in [0, 0.05) is 6.42 Å². The van der Waals surface area contributed by atoms with Crippen LogP contribution in [0.15, 0.2) is 54.6 Å². The van der Waals surface area contributed by atoms with Crippen molar-refractivity contribution in [3.05, 3.63) is 60.4 Å². The Morgan fingerprint density at radius 1 is 1.13 bits per heavy atom. The Balaban J connectivity index is 1.63. The lowest BCUT2D eigenvalue weighted by molar-refractivity contribution is -0.144. The molecule has 9 heteroatoms. The second-order valence-electron chi connectivity index (χ2n) is 6.85.